The maximum atomic E-state index is 14.5. The number of unbranched alkanes of at least 4 members (excludes halogenated alkanes) is 11. The number of nitrogens with one attached hydrogen (secondary N) is 7. The number of rotatable bonds is 58. The summed E-state index contributed by atoms with van der Waals surface area (Å²) in [7, 11) is -1.50. The fourth-order valence-electron chi connectivity index (χ4n) is 13.3. The van der Waals surface area contributed by atoms with Crippen molar-refractivity contribution in [2.45, 2.75) is 292 Å². The summed E-state index contributed by atoms with van der Waals surface area (Å²) in [5.74, 6) is -2.86. The molecular formula is C72H130N8O30P-. The molecule has 16 N–H and O–H groups in total. The number of hydrogen-bond acceptors (Lipinski definition) is 30. The number of phosphoric ester groups is 1. The van der Waals surface area contributed by atoms with Gasteiger partial charge >= 0.3 is 0 Å². The van der Waals surface area contributed by atoms with E-state index in [1.165, 1.54) is 20.8 Å². The van der Waals surface area contributed by atoms with Crippen molar-refractivity contribution in [2.75, 3.05) is 113 Å². The maximum Gasteiger partial charge on any atom is 0.267 e. The van der Waals surface area contributed by atoms with Crippen molar-refractivity contribution in [3.05, 3.63) is 0 Å². The van der Waals surface area contributed by atoms with E-state index < -0.39 is 162 Å². The Morgan fingerprint density at radius 2 is 0.721 bits per heavy atom. The van der Waals surface area contributed by atoms with Crippen molar-refractivity contribution in [1.29, 1.82) is 0 Å². The van der Waals surface area contributed by atoms with Crippen molar-refractivity contribution in [3.8, 4) is 0 Å². The quantitative estimate of drug-likeness (QED) is 0.0220. The number of carbonyl (C=O) groups excluding carboxylic acids is 8. The summed E-state index contributed by atoms with van der Waals surface area (Å²) >= 11 is 0. The van der Waals surface area contributed by atoms with Gasteiger partial charge in [0.25, 0.3) is 7.82 Å². The molecule has 111 heavy (non-hydrogen) atoms. The van der Waals surface area contributed by atoms with Gasteiger partial charge in [0, 0.05) is 139 Å². The van der Waals surface area contributed by atoms with E-state index in [0.717, 1.165) is 13.5 Å². The second-order valence-corrected chi connectivity index (χ2v) is 30.1. The molecule has 0 aromatic carbocycles. The lowest BCUT2D eigenvalue weighted by Crippen LogP contribution is -2.64. The number of carbonyl (C=O) groups is 8. The third-order valence-corrected chi connectivity index (χ3v) is 20.3. The van der Waals surface area contributed by atoms with E-state index in [-0.39, 0.29) is 128 Å². The normalized spacial score (nSPS) is 27.9. The van der Waals surface area contributed by atoms with Crippen LogP contribution >= 0.6 is 7.82 Å². The van der Waals surface area contributed by atoms with Gasteiger partial charge in [0.2, 0.25) is 47.3 Å². The van der Waals surface area contributed by atoms with Crippen LogP contribution in [0.15, 0.2) is 0 Å². The summed E-state index contributed by atoms with van der Waals surface area (Å²) in [4.78, 5) is 115. The molecule has 8 amide bonds. The van der Waals surface area contributed by atoms with Gasteiger partial charge < -0.3 is 145 Å². The molecule has 0 radical (unpaired) electrons. The van der Waals surface area contributed by atoms with Gasteiger partial charge in [0.15, 0.2) is 18.9 Å². The lowest BCUT2D eigenvalue weighted by atomic mass is 9.82. The van der Waals surface area contributed by atoms with E-state index in [1.54, 1.807) is 11.9 Å². The number of amides is 8. The van der Waals surface area contributed by atoms with E-state index in [1.807, 2.05) is 0 Å². The van der Waals surface area contributed by atoms with Gasteiger partial charge in [-0.2, -0.15) is 0 Å². The first-order valence-corrected chi connectivity index (χ1v) is 40.8. The zero-order valence-corrected chi connectivity index (χ0v) is 66.1. The average molecular weight is 1620 g/mol. The highest BCUT2D eigenvalue weighted by molar-refractivity contribution is 7.45. The Bertz CT molecular complexity index is 2630. The maximum absolute atomic E-state index is 14.5. The Hall–Kier alpha value is -4.85. The minimum atomic E-state index is -4.26. The number of aliphatic hydroxyl groups excluding tert-OH is 9. The second kappa shape index (κ2) is 55.7. The van der Waals surface area contributed by atoms with Crippen molar-refractivity contribution in [2.24, 2.45) is 5.92 Å². The Labute approximate surface area is 650 Å². The summed E-state index contributed by atoms with van der Waals surface area (Å²) in [5, 5.41) is 111. The van der Waals surface area contributed by atoms with Gasteiger partial charge in [-0.05, 0) is 96.3 Å². The standard InChI is InChI=1S/C72H131N8O30P/c1-46(84)77-59-65(94)62(91)52(43-81)108-70(59)104-34-18-9-13-26-56(88)74-30-22-37-101-50-41-49(69(97)80(4)33-17-8-12-25-55(87)73-29-16-6-7-21-40-107-111(98,99)100-5)42-51(102-38-23-31-75-57(89)27-14-10-19-35-105-71-60(78-47(2)85)66(95)63(92)53(44-82)109-71)68(50)103-39-24-32-76-58(90)28-15-11-20-36-106-72-61(79-48(3)86)67(96)64(93)54(45-83)110-72/h49-54,59-68,70-72,81-83,91-96H,6-45H2,1-5H3,(H,73,87)(H,74,88)(H,75,89)(H,76,90)(H,77,84)(H,78,85)(H,79,86)(H,98,99)/p-1/t49?,50-,51-,52-,53-,54-,59-,60-,61-,62+,63+,64+,65-,66-,67-,68?,70-,71-,72-/m1/s1. The van der Waals surface area contributed by atoms with Crippen LogP contribution in [0.3, 0.4) is 0 Å². The third-order valence-electron chi connectivity index (χ3n) is 19.4. The van der Waals surface area contributed by atoms with Crippen LogP contribution in [-0.2, 0) is 94.6 Å². The Morgan fingerprint density at radius 1 is 0.414 bits per heavy atom. The van der Waals surface area contributed by atoms with Gasteiger partial charge in [0.05, 0.1) is 38.6 Å². The molecule has 1 unspecified atom stereocenters. The molecule has 0 bridgehead atoms. The summed E-state index contributed by atoms with van der Waals surface area (Å²) in [6.07, 6.45) is -5.66. The minimum absolute atomic E-state index is 0.0201. The molecule has 3 heterocycles. The molecule has 38 nitrogen and oxygen atoms in total. The van der Waals surface area contributed by atoms with E-state index in [0.29, 0.717) is 135 Å². The molecule has 644 valence electrons. The first kappa shape index (κ1) is 98.5. The predicted molar refractivity (Wildman–Crippen MR) is 392 cm³/mol. The van der Waals surface area contributed by atoms with Crippen molar-refractivity contribution in [3.63, 3.8) is 0 Å². The van der Waals surface area contributed by atoms with Gasteiger partial charge in [0.1, 0.15) is 79.2 Å². The molecule has 4 fully saturated rings. The lowest BCUT2D eigenvalue weighted by Gasteiger charge is -2.42. The SMILES string of the molecule is COP(=O)([O-])OCCCCCCNC(=O)CCCCCN(C)C(=O)C1C[C@@H](OCCCNC(=O)CCCCCO[C@@H]2O[C@H](CO)[C@H](O)[C@H](O)[C@H]2NC(C)=O)C(OCCCNC(=O)CCCCCO[C@@H]2O[C@H](CO)[C@H](O)[C@H](O)[C@H]2NC(C)=O)[C@H](OCCCNC(=O)CCCCCO[C@@H]2O[C@H](CO)[C@H](O)[C@H](O)[C@H]2NC(C)=O)C1. The minimum Gasteiger partial charge on any atom is -0.756 e. The molecule has 39 heteroatoms. The van der Waals surface area contributed by atoms with E-state index in [4.69, 9.17) is 47.2 Å². The fourth-order valence-corrected chi connectivity index (χ4v) is 13.7. The number of ether oxygens (including phenoxy) is 9. The molecule has 4 aliphatic rings. The summed E-state index contributed by atoms with van der Waals surface area (Å²) in [5.41, 5.74) is 0. The van der Waals surface area contributed by atoms with Crippen molar-refractivity contribution in [1.82, 2.24) is 42.1 Å². The van der Waals surface area contributed by atoms with Gasteiger partial charge in [-0.1, -0.05) is 38.5 Å². The molecule has 1 aliphatic carbocycles. The summed E-state index contributed by atoms with van der Waals surface area (Å²) in [6.45, 7) is 4.53. The van der Waals surface area contributed by atoms with E-state index in [2.05, 4.69) is 41.7 Å². The number of hydrogen-bond donors (Lipinski definition) is 16. The van der Waals surface area contributed by atoms with E-state index >= 15 is 0 Å². The van der Waals surface area contributed by atoms with Crippen LogP contribution in [-0.4, -0.2) is 321 Å². The number of nitrogens with zero attached hydrogens (tertiary/aromatic N) is 1. The molecule has 3 saturated heterocycles. The van der Waals surface area contributed by atoms with Gasteiger partial charge in [-0.25, -0.2) is 0 Å². The average Bonchev–Trinajstić information content (AvgIpc) is 0.830. The van der Waals surface area contributed by atoms with Crippen LogP contribution in [0.2, 0.25) is 0 Å². The zero-order chi connectivity index (χ0) is 81.7. The first-order valence-electron chi connectivity index (χ1n) is 39.4. The van der Waals surface area contributed by atoms with Crippen molar-refractivity contribution < 1.29 is 145 Å². The van der Waals surface area contributed by atoms with Gasteiger partial charge in [-0.15, -0.1) is 0 Å². The molecule has 0 aromatic heterocycles. The lowest BCUT2D eigenvalue weighted by molar-refractivity contribution is -0.270. The Balaban J connectivity index is 1.35. The highest BCUT2D eigenvalue weighted by Crippen LogP contribution is 2.37. The molecule has 18 atom stereocenters. The molecular weight excluding hydrogens is 1490 g/mol. The second-order valence-electron chi connectivity index (χ2n) is 28.6. The highest BCUT2D eigenvalue weighted by Gasteiger charge is 2.49. The predicted octanol–water partition coefficient (Wildman–Crippen LogP) is -2.54. The van der Waals surface area contributed by atoms with Crippen LogP contribution in [0, 0.1) is 5.92 Å². The summed E-state index contributed by atoms with van der Waals surface area (Å²) < 4.78 is 74.5. The molecule has 0 aromatic rings. The monoisotopic (exact) mass is 1620 g/mol. The van der Waals surface area contributed by atoms with Crippen LogP contribution in [0.25, 0.3) is 0 Å². The molecule has 0 spiro atoms. The Morgan fingerprint density at radius 3 is 1.06 bits per heavy atom. The number of phosphoric acid groups is 1. The first-order chi connectivity index (χ1) is 53.1. The zero-order valence-electron chi connectivity index (χ0n) is 65.2. The number of aliphatic hydroxyl groups is 9. The van der Waals surface area contributed by atoms with Crippen LogP contribution in [0.4, 0.5) is 0 Å². The third kappa shape index (κ3) is 38.2. The van der Waals surface area contributed by atoms with Crippen LogP contribution in [0.5, 0.6) is 0 Å². The molecule has 4 rings (SSSR count). The topological polar surface area (TPSA) is 548 Å². The Kier molecular flexibility index (Phi) is 49.4. The summed E-state index contributed by atoms with van der Waals surface area (Å²) in [6, 6.07) is -3.24. The highest BCUT2D eigenvalue weighted by atomic mass is 31.2. The smallest absolute Gasteiger partial charge is 0.267 e. The van der Waals surface area contributed by atoms with E-state index in [9.17, 15) is 93.8 Å². The van der Waals surface area contributed by atoms with Gasteiger partial charge in [-0.3, -0.25) is 42.9 Å². The molecule has 3 aliphatic heterocycles. The largest absolute Gasteiger partial charge is 0.756 e. The van der Waals surface area contributed by atoms with Crippen LogP contribution in [0.1, 0.15) is 181 Å². The fraction of sp³-hybridized carbons (Fsp3) is 0.889. The van der Waals surface area contributed by atoms with Crippen LogP contribution < -0.4 is 42.1 Å². The molecule has 1 saturated carbocycles. The van der Waals surface area contributed by atoms with Crippen molar-refractivity contribution >= 4 is 55.1 Å².